The molecular weight excluding hydrogens is 1200 g/mol. The SMILES string of the molecule is CCC(=O)N[C@H](C(=O)NCC(=O)N[C@H]1C[S+]([O-])c2[nH]c3c(CSC4CCN(C(=O)CCCCCN5C(=O)CCC5=O)CC4)c(OC)ccc3c2C[C@@H](C(N)=O)NC(=O)[C@H]([C@@H](C)[C@@H](O)CO)NC(=O)[C@@H]2C[C@@H](O)CN2C(=O)[C@H](CCC(N)=O)NC1=O)[C@@H](C)CC. The first-order valence-electron chi connectivity index (χ1n) is 30.2. The van der Waals surface area contributed by atoms with Gasteiger partial charge in [0.15, 0.2) is 6.04 Å². The Morgan fingerprint density at radius 3 is 2.24 bits per heavy atom. The highest BCUT2D eigenvalue weighted by Crippen LogP contribution is 2.39. The van der Waals surface area contributed by atoms with E-state index in [-0.39, 0.29) is 64.5 Å². The number of thioether (sulfide) groups is 1. The highest BCUT2D eigenvalue weighted by molar-refractivity contribution is 7.99. The minimum absolute atomic E-state index is 0.00201. The van der Waals surface area contributed by atoms with Crippen molar-refractivity contribution >= 4 is 105 Å². The van der Waals surface area contributed by atoms with E-state index in [1.165, 1.54) is 18.9 Å². The first kappa shape index (κ1) is 71.0. The third-order valence-electron chi connectivity index (χ3n) is 16.9. The Balaban J connectivity index is 1.36. The molecule has 1 unspecified atom stereocenters. The van der Waals surface area contributed by atoms with Gasteiger partial charge in [0.1, 0.15) is 41.7 Å². The zero-order chi connectivity index (χ0) is 65.4. The zero-order valence-electron chi connectivity index (χ0n) is 50.9. The molecule has 0 saturated carbocycles. The van der Waals surface area contributed by atoms with E-state index >= 15 is 4.55 Å². The lowest BCUT2D eigenvalue weighted by Crippen LogP contribution is -2.61. The largest absolute Gasteiger partial charge is 0.610 e. The van der Waals surface area contributed by atoms with Crippen molar-refractivity contribution in [1.82, 2.24) is 51.6 Å². The number of nitrogens with two attached hydrogens (primary N) is 2. The van der Waals surface area contributed by atoms with Gasteiger partial charge in [0.05, 0.1) is 38.0 Å². The number of carbonyl (C=O) groups excluding carboxylic acids is 12. The van der Waals surface area contributed by atoms with Gasteiger partial charge >= 0.3 is 0 Å². The van der Waals surface area contributed by atoms with Crippen LogP contribution in [0.15, 0.2) is 17.2 Å². The van der Waals surface area contributed by atoms with E-state index in [0.717, 1.165) is 4.90 Å². The number of piperidine rings is 1. The number of nitrogens with one attached hydrogen (secondary N) is 7. The summed E-state index contributed by atoms with van der Waals surface area (Å²) in [4.78, 5) is 169. The van der Waals surface area contributed by atoms with E-state index in [1.54, 1.807) is 44.7 Å². The molecule has 12 amide bonds. The Morgan fingerprint density at radius 2 is 1.61 bits per heavy atom. The van der Waals surface area contributed by atoms with Crippen molar-refractivity contribution in [3.05, 3.63) is 23.3 Å². The van der Waals surface area contributed by atoms with Crippen molar-refractivity contribution in [1.29, 1.82) is 0 Å². The summed E-state index contributed by atoms with van der Waals surface area (Å²) in [5.74, 6) is -10.6. The van der Waals surface area contributed by atoms with Crippen LogP contribution in [0.4, 0.5) is 0 Å². The van der Waals surface area contributed by atoms with Gasteiger partial charge in [0, 0.05) is 116 Å². The number of nitrogens with zero attached hydrogens (tertiary/aromatic N) is 3. The molecule has 1 aromatic heterocycles. The fourth-order valence-electron chi connectivity index (χ4n) is 11.3. The van der Waals surface area contributed by atoms with Crippen molar-refractivity contribution in [2.75, 3.05) is 52.2 Å². The molecule has 0 aliphatic carbocycles. The third kappa shape index (κ3) is 18.8. The highest BCUT2D eigenvalue weighted by atomic mass is 32.2. The van der Waals surface area contributed by atoms with Gasteiger partial charge in [0.25, 0.3) is 0 Å². The quantitative estimate of drug-likeness (QED) is 0.0277. The number of methoxy groups -OCH3 is 1. The maximum absolute atomic E-state index is 15.4. The van der Waals surface area contributed by atoms with E-state index in [0.29, 0.717) is 86.8 Å². The second-order valence-electron chi connectivity index (χ2n) is 23.1. The molecule has 11 atom stereocenters. The number of amides is 12. The van der Waals surface area contributed by atoms with E-state index in [9.17, 15) is 72.9 Å². The second-order valence-corrected chi connectivity index (χ2v) is 25.8. The Labute approximate surface area is 522 Å². The van der Waals surface area contributed by atoms with E-state index in [2.05, 4.69) is 36.9 Å². The molecule has 4 aliphatic rings. The Kier molecular flexibility index (Phi) is 26.4. The molecule has 0 spiro atoms. The Morgan fingerprint density at radius 1 is 0.910 bits per heavy atom. The smallest absolute Gasteiger partial charge is 0.248 e. The highest BCUT2D eigenvalue weighted by Gasteiger charge is 2.45. The number of primary amides is 2. The predicted molar refractivity (Wildman–Crippen MR) is 324 cm³/mol. The maximum atomic E-state index is 15.4. The molecular formula is C58H86N12O17S2. The van der Waals surface area contributed by atoms with E-state index in [1.807, 2.05) is 4.90 Å². The number of rotatable bonds is 25. The summed E-state index contributed by atoms with van der Waals surface area (Å²) in [6.45, 7) is 5.62. The van der Waals surface area contributed by atoms with Gasteiger partial charge in [-0.25, -0.2) is 0 Å². The number of unbranched alkanes of at least 4 members (excludes halogenated alkanes) is 2. The molecule has 89 heavy (non-hydrogen) atoms. The van der Waals surface area contributed by atoms with E-state index in [4.69, 9.17) is 16.2 Å². The number of carbonyl (C=O) groups is 12. The van der Waals surface area contributed by atoms with Crippen LogP contribution in [0.25, 0.3) is 10.9 Å². The third-order valence-corrected chi connectivity index (χ3v) is 19.7. The predicted octanol–water partition coefficient (Wildman–Crippen LogP) is -2.53. The lowest BCUT2D eigenvalue weighted by Gasteiger charge is -2.32. The number of hydrogen-bond donors (Lipinski definition) is 12. The molecule has 5 heterocycles. The number of aromatic nitrogens is 1. The van der Waals surface area contributed by atoms with E-state index < -0.39 is 170 Å². The van der Waals surface area contributed by atoms with Crippen LogP contribution in [0.3, 0.4) is 0 Å². The average molecular weight is 1290 g/mol. The summed E-state index contributed by atoms with van der Waals surface area (Å²) in [6, 6.07) is -6.33. The molecule has 3 fully saturated rings. The summed E-state index contributed by atoms with van der Waals surface area (Å²) < 4.78 is 21.3. The molecule has 0 radical (unpaired) electrons. The molecule has 14 N–H and O–H groups in total. The number of aromatic amines is 1. The lowest BCUT2D eigenvalue weighted by atomic mass is 9.93. The van der Waals surface area contributed by atoms with Crippen LogP contribution in [0.2, 0.25) is 0 Å². The topological polar surface area (TPSA) is 448 Å². The van der Waals surface area contributed by atoms with Crippen LogP contribution < -0.4 is 48.1 Å². The monoisotopic (exact) mass is 1290 g/mol. The molecule has 492 valence electrons. The number of ether oxygens (including phenoxy) is 1. The van der Waals surface area contributed by atoms with Crippen molar-refractivity contribution in [2.45, 2.75) is 182 Å². The minimum Gasteiger partial charge on any atom is -0.610 e. The maximum Gasteiger partial charge on any atom is 0.248 e. The number of aliphatic hydroxyl groups is 3. The standard InChI is InChI=1S/C58H86N12O17S2/c1-6-30(3)49(65-44(75)7-2)55(83)61-25-45(76)62-39-29-89(86)57-35(34-12-14-42(87-5)36(51(34)67-57)28-88-33-18-21-68(22-19-33)46(77)11-9-8-10-20-69-47(78)16-17-48(69)79)24-38(52(60)80)64-56(84)50(31(4)41(73)27-71)66-54(82)40-23-32(72)26-70(40)58(85)37(63-53(39)81)13-15-43(59)74/h12,14,30-33,37-41,49-50,67,71-73H,6-11,13,15-29H2,1-5H3,(H2,59,74)(H2,60,80)(H,61,83)(H,62,76)(H,63,81)(H,64,84)(H,65,75)(H,66,82)/t30-,31-,32+,37-,38-,39-,40-,41-,49-,50-,89?/m0/s1. The molecule has 6 rings (SSSR count). The van der Waals surface area contributed by atoms with Crippen molar-refractivity contribution < 1.29 is 82.1 Å². The first-order chi connectivity index (χ1) is 42.3. The number of likely N-dealkylation sites (tertiary alicyclic amines) is 2. The van der Waals surface area contributed by atoms with Crippen molar-refractivity contribution in [3.8, 4) is 5.75 Å². The number of H-pyrrole nitrogens is 1. The van der Waals surface area contributed by atoms with Gasteiger partial charge in [-0.1, -0.05) is 40.5 Å². The molecule has 4 aliphatic heterocycles. The van der Waals surface area contributed by atoms with Crippen LogP contribution in [0, 0.1) is 11.8 Å². The fourth-order valence-corrected chi connectivity index (χ4v) is 13.9. The van der Waals surface area contributed by atoms with Gasteiger partial charge in [-0.2, -0.15) is 11.8 Å². The normalized spacial score (nSPS) is 23.8. The molecule has 1 aromatic carbocycles. The second kappa shape index (κ2) is 33.1. The van der Waals surface area contributed by atoms with Crippen LogP contribution in [0.1, 0.15) is 122 Å². The Hall–Kier alpha value is -7.06. The van der Waals surface area contributed by atoms with Gasteiger partial charge < -0.3 is 82.8 Å². The molecule has 3 saturated heterocycles. The molecule has 29 nitrogen and oxygen atoms in total. The van der Waals surface area contributed by atoms with Gasteiger partial charge in [0.2, 0.25) is 75.9 Å². The van der Waals surface area contributed by atoms with Crippen LogP contribution in [0.5, 0.6) is 5.75 Å². The Bertz CT molecular complexity index is 2930. The number of benzene rings is 1. The van der Waals surface area contributed by atoms with Crippen LogP contribution in [-0.2, 0) is 80.9 Å². The summed E-state index contributed by atoms with van der Waals surface area (Å²) >= 11 is -0.875. The number of hydrogen-bond acceptors (Lipinski definition) is 18. The number of fused-ring (bicyclic) bond motifs is 4. The average Bonchev–Trinajstić information content (AvgIpc) is 2.12. The van der Waals surface area contributed by atoms with Crippen LogP contribution in [-0.4, -0.2) is 216 Å². The zero-order valence-corrected chi connectivity index (χ0v) is 52.6. The van der Waals surface area contributed by atoms with Gasteiger partial charge in [-0.3, -0.25) is 62.4 Å². The first-order valence-corrected chi connectivity index (χ1v) is 32.6. The van der Waals surface area contributed by atoms with Crippen molar-refractivity contribution in [2.24, 2.45) is 23.3 Å². The summed E-state index contributed by atoms with van der Waals surface area (Å²) in [5.41, 5.74) is 12.6. The van der Waals surface area contributed by atoms with Gasteiger partial charge in [-0.15, -0.1) is 0 Å². The van der Waals surface area contributed by atoms with Gasteiger partial charge in [-0.05, 0) is 50.2 Å². The summed E-state index contributed by atoms with van der Waals surface area (Å²) in [6.07, 6.45) is -0.420. The number of imide groups is 1. The van der Waals surface area contributed by atoms with Crippen molar-refractivity contribution in [3.63, 3.8) is 0 Å². The number of aliphatic hydroxyl groups excluding tert-OH is 3. The summed E-state index contributed by atoms with van der Waals surface area (Å²) in [5, 5.41) is 47.3. The van der Waals surface area contributed by atoms with Crippen LogP contribution >= 0.6 is 11.8 Å². The molecule has 2 aromatic rings. The minimum atomic E-state index is -2.45. The molecule has 0 bridgehead atoms. The fraction of sp³-hybridized carbons (Fsp3) is 0.655. The molecule has 31 heteroatoms. The lowest BCUT2D eigenvalue weighted by molar-refractivity contribution is -0.143. The summed E-state index contributed by atoms with van der Waals surface area (Å²) in [7, 11) is 1.45.